The molecule has 4 rings (SSSR count). The minimum Gasteiger partial charge on any atom is -0.489 e. The van der Waals surface area contributed by atoms with Gasteiger partial charge in [-0.05, 0) is 17.7 Å². The van der Waals surface area contributed by atoms with E-state index >= 15 is 0 Å². The zero-order valence-electron chi connectivity index (χ0n) is 15.1. The molecule has 2 aromatic carbocycles. The number of thiazole rings is 1. The van der Waals surface area contributed by atoms with E-state index in [1.54, 1.807) is 6.07 Å². The lowest BCUT2D eigenvalue weighted by atomic mass is 10.2. The second kappa shape index (κ2) is 8.63. The summed E-state index contributed by atoms with van der Waals surface area (Å²) in [7, 11) is 0. The summed E-state index contributed by atoms with van der Waals surface area (Å²) in [5.41, 5.74) is 2.69. The molecular formula is C21H19ClN2O3S. The molecule has 3 aromatic rings. The van der Waals surface area contributed by atoms with Crippen molar-refractivity contribution in [3.63, 3.8) is 0 Å². The number of ether oxygens (including phenoxy) is 2. The van der Waals surface area contributed by atoms with E-state index in [2.05, 4.69) is 10.3 Å². The predicted octanol–water partition coefficient (Wildman–Crippen LogP) is 4.48. The van der Waals surface area contributed by atoms with Gasteiger partial charge >= 0.3 is 0 Å². The summed E-state index contributed by atoms with van der Waals surface area (Å²) in [6.45, 7) is 1.54. The average Bonchev–Trinajstić information content (AvgIpc) is 3.03. The molecule has 0 spiro atoms. The van der Waals surface area contributed by atoms with Crippen LogP contribution >= 0.6 is 22.9 Å². The molecule has 0 fully saturated rings. The van der Waals surface area contributed by atoms with E-state index in [4.69, 9.17) is 21.1 Å². The smallest absolute Gasteiger partial charge is 0.226 e. The fraction of sp³-hybridized carbons (Fsp3) is 0.238. The van der Waals surface area contributed by atoms with Crippen LogP contribution < -0.4 is 14.8 Å². The summed E-state index contributed by atoms with van der Waals surface area (Å²) >= 11 is 7.84. The van der Waals surface area contributed by atoms with Crippen LogP contribution in [0.5, 0.6) is 11.5 Å². The van der Waals surface area contributed by atoms with E-state index in [-0.39, 0.29) is 12.3 Å². The first-order valence-corrected chi connectivity index (χ1v) is 10.3. The minimum absolute atomic E-state index is 0.0897. The highest BCUT2D eigenvalue weighted by Gasteiger charge is 2.16. The van der Waals surface area contributed by atoms with Crippen molar-refractivity contribution in [2.24, 2.45) is 0 Å². The van der Waals surface area contributed by atoms with Gasteiger partial charge in [0, 0.05) is 23.9 Å². The number of halogens is 1. The molecule has 1 aromatic heterocycles. The number of amides is 1. The van der Waals surface area contributed by atoms with Gasteiger partial charge in [0.15, 0.2) is 11.5 Å². The van der Waals surface area contributed by atoms with Crippen LogP contribution in [0.25, 0.3) is 10.6 Å². The van der Waals surface area contributed by atoms with Crippen LogP contribution in [0.3, 0.4) is 0 Å². The van der Waals surface area contributed by atoms with Crippen molar-refractivity contribution >= 4 is 28.8 Å². The number of nitrogens with one attached hydrogen (secondary N) is 1. The molecule has 0 saturated heterocycles. The fourth-order valence-corrected chi connectivity index (χ4v) is 4.03. The maximum absolute atomic E-state index is 12.3. The van der Waals surface area contributed by atoms with Gasteiger partial charge in [-0.25, -0.2) is 4.98 Å². The number of fused-ring (bicyclic) bond motifs is 1. The monoisotopic (exact) mass is 414 g/mol. The highest BCUT2D eigenvalue weighted by molar-refractivity contribution is 7.13. The Labute approximate surface area is 172 Å². The number of nitrogens with zero attached hydrogens (tertiary/aromatic N) is 1. The Kier molecular flexibility index (Phi) is 5.78. The molecule has 1 N–H and O–H groups in total. The second-order valence-corrected chi connectivity index (χ2v) is 7.68. The van der Waals surface area contributed by atoms with Gasteiger partial charge in [-0.15, -0.1) is 11.3 Å². The van der Waals surface area contributed by atoms with Crippen LogP contribution in [0.2, 0.25) is 5.02 Å². The number of hydrogen-bond donors (Lipinski definition) is 1. The van der Waals surface area contributed by atoms with Crippen LogP contribution in [0.4, 0.5) is 0 Å². The van der Waals surface area contributed by atoms with Crippen molar-refractivity contribution in [2.45, 2.75) is 19.4 Å². The van der Waals surface area contributed by atoms with Crippen molar-refractivity contribution in [3.8, 4) is 22.1 Å². The molecule has 0 bridgehead atoms. The third-order valence-electron chi connectivity index (χ3n) is 4.27. The quantitative estimate of drug-likeness (QED) is 0.668. The molecule has 0 saturated carbocycles. The summed E-state index contributed by atoms with van der Waals surface area (Å²) in [4.78, 5) is 16.9. The van der Waals surface area contributed by atoms with Crippen LogP contribution in [0.15, 0.2) is 47.8 Å². The predicted molar refractivity (Wildman–Crippen MR) is 110 cm³/mol. The average molecular weight is 415 g/mol. The number of hydrogen-bond acceptors (Lipinski definition) is 5. The SMILES string of the molecule is O=C(Cc1csc(-c2ccccc2)n1)NCc1cc(Cl)c2c(c1)OCCCO2. The maximum Gasteiger partial charge on any atom is 0.226 e. The standard InChI is InChI=1S/C21H19ClN2O3S/c22-17-9-14(10-18-20(17)27-8-4-7-26-18)12-23-19(25)11-16-13-28-21(24-16)15-5-2-1-3-6-15/h1-3,5-6,9-10,13H,4,7-8,11-12H2,(H,23,25). The third-order valence-corrected chi connectivity index (χ3v) is 5.49. The Morgan fingerprint density at radius 3 is 2.86 bits per heavy atom. The van der Waals surface area contributed by atoms with Crippen LogP contribution in [-0.2, 0) is 17.8 Å². The van der Waals surface area contributed by atoms with Gasteiger partial charge < -0.3 is 14.8 Å². The van der Waals surface area contributed by atoms with E-state index in [1.807, 2.05) is 41.8 Å². The molecule has 144 valence electrons. The molecule has 0 aliphatic carbocycles. The summed E-state index contributed by atoms with van der Waals surface area (Å²) in [5.74, 6) is 1.11. The summed E-state index contributed by atoms with van der Waals surface area (Å²) < 4.78 is 11.3. The number of rotatable bonds is 5. The first-order chi connectivity index (χ1) is 13.7. The maximum atomic E-state index is 12.3. The van der Waals surface area contributed by atoms with Gasteiger partial charge in [0.2, 0.25) is 5.91 Å². The molecule has 2 heterocycles. The van der Waals surface area contributed by atoms with Crippen molar-refractivity contribution in [1.29, 1.82) is 0 Å². The van der Waals surface area contributed by atoms with Crippen molar-refractivity contribution in [2.75, 3.05) is 13.2 Å². The number of carbonyl (C=O) groups is 1. The lowest BCUT2D eigenvalue weighted by Gasteiger charge is -2.12. The summed E-state index contributed by atoms with van der Waals surface area (Å²) in [6.07, 6.45) is 1.05. The van der Waals surface area contributed by atoms with Crippen LogP contribution in [-0.4, -0.2) is 24.1 Å². The molecule has 28 heavy (non-hydrogen) atoms. The highest BCUT2D eigenvalue weighted by Crippen LogP contribution is 2.38. The summed E-state index contributed by atoms with van der Waals surface area (Å²) in [5, 5.41) is 6.25. The lowest BCUT2D eigenvalue weighted by Crippen LogP contribution is -2.24. The zero-order chi connectivity index (χ0) is 19.3. The molecule has 7 heteroatoms. The normalized spacial score (nSPS) is 13.0. The summed E-state index contributed by atoms with van der Waals surface area (Å²) in [6, 6.07) is 13.6. The van der Waals surface area contributed by atoms with Crippen molar-refractivity contribution < 1.29 is 14.3 Å². The van der Waals surface area contributed by atoms with Crippen molar-refractivity contribution in [1.82, 2.24) is 10.3 Å². The van der Waals surface area contributed by atoms with Crippen molar-refractivity contribution in [3.05, 3.63) is 64.1 Å². The zero-order valence-corrected chi connectivity index (χ0v) is 16.7. The fourth-order valence-electron chi connectivity index (χ4n) is 2.92. The van der Waals surface area contributed by atoms with Gasteiger partial charge in [0.05, 0.1) is 30.4 Å². The Morgan fingerprint density at radius 2 is 2.00 bits per heavy atom. The first kappa shape index (κ1) is 18.8. The number of aromatic nitrogens is 1. The van der Waals surface area contributed by atoms with Gasteiger partial charge in [-0.1, -0.05) is 41.9 Å². The van der Waals surface area contributed by atoms with E-state index in [9.17, 15) is 4.79 Å². The Balaban J connectivity index is 1.37. The van der Waals surface area contributed by atoms with Crippen LogP contribution in [0.1, 0.15) is 17.7 Å². The molecule has 1 amide bonds. The third kappa shape index (κ3) is 4.46. The van der Waals surface area contributed by atoms with E-state index in [0.717, 1.165) is 28.2 Å². The van der Waals surface area contributed by atoms with Gasteiger partial charge in [-0.3, -0.25) is 4.79 Å². The van der Waals surface area contributed by atoms with Crippen LogP contribution in [0, 0.1) is 0 Å². The van der Waals surface area contributed by atoms with Gasteiger partial charge in [0.1, 0.15) is 5.01 Å². The molecule has 1 aliphatic heterocycles. The highest BCUT2D eigenvalue weighted by atomic mass is 35.5. The van der Waals surface area contributed by atoms with E-state index in [0.29, 0.717) is 36.3 Å². The minimum atomic E-state index is -0.0897. The molecule has 5 nitrogen and oxygen atoms in total. The van der Waals surface area contributed by atoms with E-state index in [1.165, 1.54) is 11.3 Å². The topological polar surface area (TPSA) is 60.5 Å². The number of carbonyl (C=O) groups excluding carboxylic acids is 1. The molecule has 0 radical (unpaired) electrons. The molecule has 0 unspecified atom stereocenters. The van der Waals surface area contributed by atoms with Gasteiger partial charge in [-0.2, -0.15) is 0 Å². The Bertz CT molecular complexity index is 975. The Hall–Kier alpha value is -2.57. The molecular weight excluding hydrogens is 396 g/mol. The van der Waals surface area contributed by atoms with E-state index < -0.39 is 0 Å². The Morgan fingerprint density at radius 1 is 1.18 bits per heavy atom. The molecule has 0 atom stereocenters. The number of benzene rings is 2. The second-order valence-electron chi connectivity index (χ2n) is 6.42. The lowest BCUT2D eigenvalue weighted by molar-refractivity contribution is -0.120. The van der Waals surface area contributed by atoms with Gasteiger partial charge in [0.25, 0.3) is 0 Å². The molecule has 1 aliphatic rings. The first-order valence-electron chi connectivity index (χ1n) is 9.03. The largest absolute Gasteiger partial charge is 0.489 e.